The van der Waals surface area contributed by atoms with Crippen LogP contribution in [0.25, 0.3) is 22.1 Å². The minimum atomic E-state index is -1.39. The zero-order chi connectivity index (χ0) is 31.8. The number of aliphatic hydroxyl groups is 2. The van der Waals surface area contributed by atoms with Crippen molar-refractivity contribution in [1.82, 2.24) is 0 Å². The van der Waals surface area contributed by atoms with Crippen LogP contribution in [0.1, 0.15) is 29.8 Å². The molecule has 11 heteroatoms. The molecule has 1 aromatic heterocycles. The van der Waals surface area contributed by atoms with Crippen molar-refractivity contribution in [3.8, 4) is 28.4 Å². The molecule has 44 heavy (non-hydrogen) atoms. The first-order valence-corrected chi connectivity index (χ1v) is 13.9. The smallest absolute Gasteiger partial charge is 0.255 e. The number of aliphatic hydroxyl groups excluding tert-OH is 2. The predicted octanol–water partition coefficient (Wildman–Crippen LogP) is 4.29. The van der Waals surface area contributed by atoms with Gasteiger partial charge in [0.15, 0.2) is 0 Å². The molecule has 11 nitrogen and oxygen atoms in total. The van der Waals surface area contributed by atoms with Crippen LogP contribution in [-0.4, -0.2) is 67.7 Å². The fourth-order valence-electron chi connectivity index (χ4n) is 5.42. The molecule has 0 spiro atoms. The SMILES string of the molecule is COc1cccc(-c2cc(C(=O)Nc3coc4c(C)c(O[C@@H]5OC(C)(C)[C@H](OC)[C@@H](O)[C@H]5O)ccc4c3=O)ccc2OC)c1. The standard InChI is InChI=1S/C33H35NO10/c1-17-24(43-32-28(37)27(36)30(41-6)33(2,3)44-32)13-11-21-26(35)23(16-42-29(17)21)34-31(38)19-10-12-25(40-5)22(15-19)18-8-7-9-20(14-18)39-4/h7-16,27-28,30,32,36-37H,1-6H3,(H,34,38)/t27-,28+,30+,32+/m0/s1. The average molecular weight is 606 g/mol. The van der Waals surface area contributed by atoms with Crippen molar-refractivity contribution >= 4 is 22.6 Å². The number of ether oxygens (including phenoxy) is 5. The van der Waals surface area contributed by atoms with Gasteiger partial charge in [-0.05, 0) is 68.8 Å². The summed E-state index contributed by atoms with van der Waals surface area (Å²) in [5, 5.41) is 24.1. The van der Waals surface area contributed by atoms with Gasteiger partial charge in [0.2, 0.25) is 11.7 Å². The van der Waals surface area contributed by atoms with E-state index in [1.165, 1.54) is 19.4 Å². The van der Waals surface area contributed by atoms with E-state index in [9.17, 15) is 19.8 Å². The molecule has 1 saturated heterocycles. The lowest BCUT2D eigenvalue weighted by atomic mass is 9.89. The molecule has 2 heterocycles. The van der Waals surface area contributed by atoms with E-state index < -0.39 is 41.5 Å². The Morgan fingerprint density at radius 3 is 2.41 bits per heavy atom. The van der Waals surface area contributed by atoms with Crippen molar-refractivity contribution in [2.24, 2.45) is 0 Å². The van der Waals surface area contributed by atoms with Crippen molar-refractivity contribution in [2.75, 3.05) is 26.6 Å². The van der Waals surface area contributed by atoms with Crippen LogP contribution in [-0.2, 0) is 9.47 Å². The molecule has 1 aliphatic heterocycles. The maximum atomic E-state index is 13.4. The summed E-state index contributed by atoms with van der Waals surface area (Å²) in [6, 6.07) is 15.4. The molecule has 0 unspecified atom stereocenters. The lowest BCUT2D eigenvalue weighted by molar-refractivity contribution is -0.306. The second-order valence-corrected chi connectivity index (χ2v) is 11.0. The van der Waals surface area contributed by atoms with Gasteiger partial charge in [-0.15, -0.1) is 0 Å². The number of fused-ring (bicyclic) bond motifs is 1. The van der Waals surface area contributed by atoms with E-state index in [0.29, 0.717) is 28.2 Å². The minimum Gasteiger partial charge on any atom is -0.497 e. The van der Waals surface area contributed by atoms with E-state index in [4.69, 9.17) is 28.1 Å². The minimum absolute atomic E-state index is 0.0455. The molecule has 0 aliphatic carbocycles. The predicted molar refractivity (Wildman–Crippen MR) is 163 cm³/mol. The van der Waals surface area contributed by atoms with Crippen molar-refractivity contribution in [1.29, 1.82) is 0 Å². The topological polar surface area (TPSA) is 146 Å². The van der Waals surface area contributed by atoms with Crippen LogP contribution in [0, 0.1) is 6.92 Å². The maximum absolute atomic E-state index is 13.4. The molecule has 0 saturated carbocycles. The van der Waals surface area contributed by atoms with Crippen LogP contribution in [0.3, 0.4) is 0 Å². The van der Waals surface area contributed by atoms with Crippen molar-refractivity contribution in [3.05, 3.63) is 82.2 Å². The number of anilines is 1. The van der Waals surface area contributed by atoms with Crippen LogP contribution in [0.4, 0.5) is 5.69 Å². The number of aryl methyl sites for hydroxylation is 1. The number of carbonyl (C=O) groups excluding carboxylic acids is 1. The summed E-state index contributed by atoms with van der Waals surface area (Å²) < 4.78 is 33.8. The van der Waals surface area contributed by atoms with Gasteiger partial charge in [-0.3, -0.25) is 9.59 Å². The zero-order valence-electron chi connectivity index (χ0n) is 25.2. The maximum Gasteiger partial charge on any atom is 0.255 e. The molecule has 5 rings (SSSR count). The fraction of sp³-hybridized carbons (Fsp3) is 0.333. The monoisotopic (exact) mass is 605 g/mol. The third kappa shape index (κ3) is 5.74. The average Bonchev–Trinajstić information content (AvgIpc) is 3.02. The molecule has 1 amide bonds. The highest BCUT2D eigenvalue weighted by Crippen LogP contribution is 2.36. The number of hydrogen-bond acceptors (Lipinski definition) is 10. The first-order valence-electron chi connectivity index (χ1n) is 13.9. The highest BCUT2D eigenvalue weighted by atomic mass is 16.7. The highest BCUT2D eigenvalue weighted by molar-refractivity contribution is 6.05. The number of nitrogens with one attached hydrogen (secondary N) is 1. The summed E-state index contributed by atoms with van der Waals surface area (Å²) in [5.74, 6) is 0.986. The summed E-state index contributed by atoms with van der Waals surface area (Å²) in [5.41, 5.74) is 1.00. The van der Waals surface area contributed by atoms with E-state index >= 15 is 0 Å². The van der Waals surface area contributed by atoms with Crippen molar-refractivity contribution in [3.63, 3.8) is 0 Å². The van der Waals surface area contributed by atoms with Crippen LogP contribution in [0.5, 0.6) is 17.2 Å². The molecule has 3 aromatic carbocycles. The number of hydrogen-bond donors (Lipinski definition) is 3. The van der Waals surface area contributed by atoms with E-state index in [1.54, 1.807) is 59.3 Å². The summed E-state index contributed by atoms with van der Waals surface area (Å²) in [6.07, 6.45) is -3.45. The van der Waals surface area contributed by atoms with Crippen molar-refractivity contribution in [2.45, 2.75) is 51.0 Å². The van der Waals surface area contributed by atoms with Gasteiger partial charge in [-0.25, -0.2) is 0 Å². The molecule has 232 valence electrons. The Labute approximate surface area is 253 Å². The number of carbonyl (C=O) groups is 1. The zero-order valence-corrected chi connectivity index (χ0v) is 25.2. The van der Waals surface area contributed by atoms with Gasteiger partial charge >= 0.3 is 0 Å². The summed E-state index contributed by atoms with van der Waals surface area (Å²) in [7, 11) is 4.54. The van der Waals surface area contributed by atoms with Gasteiger partial charge in [0.05, 0.1) is 25.2 Å². The third-order valence-electron chi connectivity index (χ3n) is 7.77. The largest absolute Gasteiger partial charge is 0.497 e. The first kappa shape index (κ1) is 31.0. The molecule has 1 aliphatic rings. The second-order valence-electron chi connectivity index (χ2n) is 11.0. The van der Waals surface area contributed by atoms with Gasteiger partial charge < -0.3 is 43.6 Å². The van der Waals surface area contributed by atoms with Crippen LogP contribution >= 0.6 is 0 Å². The highest BCUT2D eigenvalue weighted by Gasteiger charge is 2.50. The van der Waals surface area contributed by atoms with Gasteiger partial charge in [0.1, 0.15) is 53.1 Å². The Morgan fingerprint density at radius 2 is 1.70 bits per heavy atom. The Morgan fingerprint density at radius 1 is 0.955 bits per heavy atom. The number of amides is 1. The van der Waals surface area contributed by atoms with Gasteiger partial charge in [0, 0.05) is 23.8 Å². The van der Waals surface area contributed by atoms with E-state index in [0.717, 1.165) is 5.56 Å². The van der Waals surface area contributed by atoms with E-state index in [-0.39, 0.29) is 22.4 Å². The summed E-state index contributed by atoms with van der Waals surface area (Å²) in [6.45, 7) is 5.13. The van der Waals surface area contributed by atoms with Crippen LogP contribution < -0.4 is 25.0 Å². The molecule has 4 aromatic rings. The lowest BCUT2D eigenvalue weighted by Crippen LogP contribution is -2.63. The molecular weight excluding hydrogens is 570 g/mol. The Kier molecular flexibility index (Phi) is 8.66. The van der Waals surface area contributed by atoms with Crippen molar-refractivity contribution < 1.29 is 43.1 Å². The number of methoxy groups -OCH3 is 3. The first-order chi connectivity index (χ1) is 21.0. The Hall–Kier alpha value is -4.42. The van der Waals surface area contributed by atoms with E-state index in [2.05, 4.69) is 5.32 Å². The molecule has 0 bridgehead atoms. The fourth-order valence-corrected chi connectivity index (χ4v) is 5.42. The van der Waals surface area contributed by atoms with Gasteiger partial charge in [-0.2, -0.15) is 0 Å². The summed E-state index contributed by atoms with van der Waals surface area (Å²) >= 11 is 0. The molecule has 1 fully saturated rings. The van der Waals surface area contributed by atoms with Gasteiger partial charge in [-0.1, -0.05) is 12.1 Å². The second kappa shape index (κ2) is 12.3. The number of benzene rings is 3. The Balaban J connectivity index is 1.40. The molecule has 0 radical (unpaired) electrons. The van der Waals surface area contributed by atoms with Gasteiger partial charge in [0.25, 0.3) is 5.91 Å². The number of rotatable bonds is 8. The molecule has 3 N–H and O–H groups in total. The van der Waals surface area contributed by atoms with E-state index in [1.807, 2.05) is 24.3 Å². The third-order valence-corrected chi connectivity index (χ3v) is 7.77. The molecule has 4 atom stereocenters. The quantitative estimate of drug-likeness (QED) is 0.266. The normalized spacial score (nSPS) is 21.1. The molecular formula is C33H35NO10. The Bertz CT molecular complexity index is 1750. The van der Waals surface area contributed by atoms with Crippen LogP contribution in [0.2, 0.25) is 0 Å². The summed E-state index contributed by atoms with van der Waals surface area (Å²) in [4.78, 5) is 26.7. The van der Waals surface area contributed by atoms with Crippen LogP contribution in [0.15, 0.2) is 70.1 Å². The lowest BCUT2D eigenvalue weighted by Gasteiger charge is -2.46.